The summed E-state index contributed by atoms with van der Waals surface area (Å²) in [6.45, 7) is 0.114. The number of halogens is 1. The molecule has 0 spiro atoms. The van der Waals surface area contributed by atoms with Crippen molar-refractivity contribution in [3.63, 3.8) is 0 Å². The number of benzene rings is 2. The van der Waals surface area contributed by atoms with E-state index >= 15 is 0 Å². The maximum absolute atomic E-state index is 13.1. The first-order valence-corrected chi connectivity index (χ1v) is 11.2. The summed E-state index contributed by atoms with van der Waals surface area (Å²) < 4.78 is 2.15. The van der Waals surface area contributed by atoms with E-state index in [2.05, 4.69) is 27.6 Å². The molecule has 0 saturated heterocycles. The van der Waals surface area contributed by atoms with Crippen molar-refractivity contribution in [2.45, 2.75) is 44.7 Å². The highest BCUT2D eigenvalue weighted by atomic mass is 35.5. The minimum atomic E-state index is -0.0675. The van der Waals surface area contributed by atoms with E-state index in [1.165, 1.54) is 19.3 Å². The Kier molecular flexibility index (Phi) is 6.65. The molecule has 1 aromatic heterocycles. The molecule has 0 aliphatic heterocycles. The highest BCUT2D eigenvalue weighted by Gasteiger charge is 2.27. The number of carbonyl (C=O) groups is 1. The third kappa shape index (κ3) is 4.82. The summed E-state index contributed by atoms with van der Waals surface area (Å²) in [4.78, 5) is 13.1. The lowest BCUT2D eigenvalue weighted by atomic mass is 9.81. The SMILES string of the molecule is O=C(Cn1c(-c2ccc(Cl)cc2)n[nH]c1=S)NC(c1ccccc1)C1CCCCC1. The molecule has 3 aromatic rings. The molecular formula is C23H25ClN4OS. The predicted molar refractivity (Wildman–Crippen MR) is 122 cm³/mol. The first-order chi connectivity index (χ1) is 14.6. The maximum Gasteiger partial charge on any atom is 0.240 e. The summed E-state index contributed by atoms with van der Waals surface area (Å²) in [7, 11) is 0. The van der Waals surface area contributed by atoms with Gasteiger partial charge in [0, 0.05) is 10.6 Å². The molecule has 1 fully saturated rings. The molecule has 1 atom stereocenters. The van der Waals surface area contributed by atoms with Crippen molar-refractivity contribution in [3.05, 3.63) is 70.0 Å². The van der Waals surface area contributed by atoms with E-state index in [9.17, 15) is 4.79 Å². The standard InChI is InChI=1S/C23H25ClN4OS/c24-19-13-11-18(12-14-19)22-26-27-23(30)28(22)15-20(29)25-21(16-7-3-1-4-8-16)17-9-5-2-6-10-17/h1,3-4,7-8,11-14,17,21H,2,5-6,9-10,15H2,(H,25,29)(H,27,30). The van der Waals surface area contributed by atoms with Crippen molar-refractivity contribution in [2.24, 2.45) is 5.92 Å². The summed E-state index contributed by atoms with van der Waals surface area (Å²) in [6.07, 6.45) is 6.00. The number of hydrogen-bond donors (Lipinski definition) is 2. The first-order valence-electron chi connectivity index (χ1n) is 10.4. The van der Waals surface area contributed by atoms with E-state index in [0.29, 0.717) is 21.5 Å². The molecular weight excluding hydrogens is 416 g/mol. The second-order valence-electron chi connectivity index (χ2n) is 7.80. The highest BCUT2D eigenvalue weighted by Crippen LogP contribution is 2.34. The normalized spacial score (nSPS) is 15.6. The van der Waals surface area contributed by atoms with Gasteiger partial charge in [-0.25, -0.2) is 0 Å². The molecule has 30 heavy (non-hydrogen) atoms. The van der Waals surface area contributed by atoms with Crippen LogP contribution in [0.1, 0.15) is 43.7 Å². The molecule has 1 heterocycles. The number of amides is 1. The molecule has 1 amide bonds. The van der Waals surface area contributed by atoms with Gasteiger partial charge in [-0.2, -0.15) is 5.10 Å². The lowest BCUT2D eigenvalue weighted by Crippen LogP contribution is -2.36. The molecule has 1 aliphatic rings. The molecule has 4 rings (SSSR count). The van der Waals surface area contributed by atoms with Gasteiger partial charge in [-0.3, -0.25) is 14.5 Å². The van der Waals surface area contributed by atoms with Crippen molar-refractivity contribution in [1.82, 2.24) is 20.1 Å². The molecule has 1 saturated carbocycles. The molecule has 5 nitrogen and oxygen atoms in total. The first kappa shape index (κ1) is 20.8. The number of aromatic amines is 1. The van der Waals surface area contributed by atoms with Crippen LogP contribution in [0, 0.1) is 10.7 Å². The zero-order valence-corrected chi connectivity index (χ0v) is 18.3. The van der Waals surface area contributed by atoms with E-state index in [-0.39, 0.29) is 18.5 Å². The number of nitrogens with zero attached hydrogens (tertiary/aromatic N) is 2. The maximum atomic E-state index is 13.1. The van der Waals surface area contributed by atoms with Crippen molar-refractivity contribution in [3.8, 4) is 11.4 Å². The molecule has 1 aliphatic carbocycles. The van der Waals surface area contributed by atoms with Gasteiger partial charge in [-0.05, 0) is 60.8 Å². The van der Waals surface area contributed by atoms with Crippen molar-refractivity contribution < 1.29 is 4.79 Å². The Hall–Kier alpha value is -2.44. The number of hydrogen-bond acceptors (Lipinski definition) is 3. The van der Waals surface area contributed by atoms with E-state index in [4.69, 9.17) is 23.8 Å². The number of aromatic nitrogens is 3. The fourth-order valence-electron chi connectivity index (χ4n) is 4.25. The van der Waals surface area contributed by atoms with Gasteiger partial charge in [-0.1, -0.05) is 61.2 Å². The fourth-order valence-corrected chi connectivity index (χ4v) is 4.57. The summed E-state index contributed by atoms with van der Waals surface area (Å²) >= 11 is 11.4. The summed E-state index contributed by atoms with van der Waals surface area (Å²) in [5.74, 6) is 1.01. The Morgan fingerprint density at radius 2 is 1.83 bits per heavy atom. The van der Waals surface area contributed by atoms with Gasteiger partial charge < -0.3 is 5.32 Å². The Labute approximate surface area is 186 Å². The summed E-state index contributed by atoms with van der Waals surface area (Å²) in [5.41, 5.74) is 2.01. The summed E-state index contributed by atoms with van der Waals surface area (Å²) in [6, 6.07) is 17.6. The van der Waals surface area contributed by atoms with Gasteiger partial charge in [-0.15, -0.1) is 0 Å². The third-order valence-electron chi connectivity index (χ3n) is 5.76. The number of carbonyl (C=O) groups excluding carboxylic acids is 1. The highest BCUT2D eigenvalue weighted by molar-refractivity contribution is 7.71. The molecule has 0 radical (unpaired) electrons. The number of H-pyrrole nitrogens is 1. The van der Waals surface area contributed by atoms with Gasteiger partial charge in [0.1, 0.15) is 6.54 Å². The topological polar surface area (TPSA) is 62.7 Å². The van der Waals surface area contributed by atoms with E-state index in [1.54, 1.807) is 16.7 Å². The van der Waals surface area contributed by atoms with Gasteiger partial charge >= 0.3 is 0 Å². The largest absolute Gasteiger partial charge is 0.347 e. The van der Waals surface area contributed by atoms with Crippen LogP contribution >= 0.6 is 23.8 Å². The Morgan fingerprint density at radius 3 is 2.53 bits per heavy atom. The minimum absolute atomic E-state index is 0.0130. The smallest absolute Gasteiger partial charge is 0.240 e. The fraction of sp³-hybridized carbons (Fsp3) is 0.348. The van der Waals surface area contributed by atoms with Crippen LogP contribution in [0.3, 0.4) is 0 Å². The van der Waals surface area contributed by atoms with Crippen molar-refractivity contribution in [2.75, 3.05) is 0 Å². The zero-order chi connectivity index (χ0) is 20.9. The molecule has 156 valence electrons. The molecule has 2 N–H and O–H groups in total. The Morgan fingerprint density at radius 1 is 1.13 bits per heavy atom. The van der Waals surface area contributed by atoms with Crippen LogP contribution in [0.2, 0.25) is 5.02 Å². The lowest BCUT2D eigenvalue weighted by Gasteiger charge is -2.31. The quantitative estimate of drug-likeness (QED) is 0.483. The third-order valence-corrected chi connectivity index (χ3v) is 6.32. The Balaban J connectivity index is 1.55. The van der Waals surface area contributed by atoms with Gasteiger partial charge in [0.25, 0.3) is 0 Å². The Bertz CT molecular complexity index is 1040. The zero-order valence-electron chi connectivity index (χ0n) is 16.7. The van der Waals surface area contributed by atoms with Gasteiger partial charge in [0.2, 0.25) is 5.91 Å². The average Bonchev–Trinajstić information content (AvgIpc) is 3.14. The molecule has 2 aromatic carbocycles. The van der Waals surface area contributed by atoms with E-state index in [0.717, 1.165) is 24.0 Å². The molecule has 1 unspecified atom stereocenters. The van der Waals surface area contributed by atoms with Crippen LogP contribution in [0.25, 0.3) is 11.4 Å². The second-order valence-corrected chi connectivity index (χ2v) is 8.62. The summed E-state index contributed by atoms with van der Waals surface area (Å²) in [5, 5.41) is 11.1. The van der Waals surface area contributed by atoms with E-state index < -0.39 is 0 Å². The minimum Gasteiger partial charge on any atom is -0.347 e. The van der Waals surface area contributed by atoms with Crippen LogP contribution in [0.5, 0.6) is 0 Å². The second kappa shape index (κ2) is 9.58. The lowest BCUT2D eigenvalue weighted by molar-refractivity contribution is -0.122. The van der Waals surface area contributed by atoms with Crippen molar-refractivity contribution in [1.29, 1.82) is 0 Å². The van der Waals surface area contributed by atoms with Crippen LogP contribution in [-0.4, -0.2) is 20.7 Å². The predicted octanol–water partition coefficient (Wildman–Crippen LogP) is 5.70. The van der Waals surface area contributed by atoms with Crippen LogP contribution in [0.15, 0.2) is 54.6 Å². The van der Waals surface area contributed by atoms with Crippen LogP contribution < -0.4 is 5.32 Å². The number of rotatable bonds is 6. The molecule has 7 heteroatoms. The van der Waals surface area contributed by atoms with Crippen molar-refractivity contribution >= 4 is 29.7 Å². The van der Waals surface area contributed by atoms with E-state index in [1.807, 2.05) is 30.3 Å². The van der Waals surface area contributed by atoms with Crippen LogP contribution in [-0.2, 0) is 11.3 Å². The van der Waals surface area contributed by atoms with Gasteiger partial charge in [0.05, 0.1) is 6.04 Å². The van der Waals surface area contributed by atoms with Gasteiger partial charge in [0.15, 0.2) is 10.6 Å². The average molecular weight is 441 g/mol. The molecule has 0 bridgehead atoms. The van der Waals surface area contributed by atoms with Crippen LogP contribution in [0.4, 0.5) is 0 Å². The monoisotopic (exact) mass is 440 g/mol. The number of nitrogens with one attached hydrogen (secondary N) is 2.